The van der Waals surface area contributed by atoms with Gasteiger partial charge in [-0.25, -0.2) is 0 Å². The molecule has 1 spiro atoms. The number of hydrogen-bond acceptors (Lipinski definition) is 6. The fraction of sp³-hybridized carbons (Fsp3) is 0.469. The second kappa shape index (κ2) is 11.0. The van der Waals surface area contributed by atoms with E-state index in [-0.39, 0.29) is 43.8 Å². The third kappa shape index (κ3) is 4.96. The van der Waals surface area contributed by atoms with E-state index in [1.807, 2.05) is 55.5 Å². The van der Waals surface area contributed by atoms with Gasteiger partial charge in [0.2, 0.25) is 11.8 Å². The largest absolute Gasteiger partial charge is 0.395 e. The first-order valence-corrected chi connectivity index (χ1v) is 14.2. The van der Waals surface area contributed by atoms with Crippen molar-refractivity contribution in [2.24, 2.45) is 11.8 Å². The van der Waals surface area contributed by atoms with Gasteiger partial charge < -0.3 is 29.6 Å². The molecule has 0 saturated carbocycles. The topological polar surface area (TPSA) is 111 Å². The van der Waals surface area contributed by atoms with Gasteiger partial charge in [-0.2, -0.15) is 0 Å². The molecule has 3 aliphatic heterocycles. The number of carbonyl (C=O) groups is 3. The van der Waals surface area contributed by atoms with Gasteiger partial charge in [0.25, 0.3) is 5.91 Å². The SMILES string of the molecule is C=CCN1C(=O)[C@]2(O[C@H](CC(=O)N(CCO)Cc3ccccc3)[C@@H](C(C)(C)O)[C@@H]2C)c2cc(N3CCC3=O)ccc21. The maximum Gasteiger partial charge on any atom is 0.264 e. The number of hydrogen-bond donors (Lipinski definition) is 2. The lowest BCUT2D eigenvalue weighted by molar-refractivity contribution is -0.150. The minimum absolute atomic E-state index is 0.0203. The van der Waals surface area contributed by atoms with E-state index >= 15 is 0 Å². The molecule has 4 atom stereocenters. The number of rotatable bonds is 10. The van der Waals surface area contributed by atoms with E-state index in [0.29, 0.717) is 36.4 Å². The first-order valence-electron chi connectivity index (χ1n) is 14.2. The van der Waals surface area contributed by atoms with Crippen LogP contribution in [-0.4, -0.2) is 70.8 Å². The Balaban J connectivity index is 1.52. The van der Waals surface area contributed by atoms with Gasteiger partial charge >= 0.3 is 0 Å². The molecule has 9 heteroatoms. The quantitative estimate of drug-likeness (QED) is 0.341. The molecule has 3 aliphatic rings. The number of β-lactam (4-membered cyclic amide) rings is 1. The van der Waals surface area contributed by atoms with E-state index in [2.05, 4.69) is 6.58 Å². The molecule has 0 radical (unpaired) electrons. The van der Waals surface area contributed by atoms with Gasteiger partial charge in [-0.05, 0) is 37.6 Å². The predicted octanol–water partition coefficient (Wildman–Crippen LogP) is 2.98. The maximum atomic E-state index is 14.3. The van der Waals surface area contributed by atoms with Crippen LogP contribution in [0.3, 0.4) is 0 Å². The lowest BCUT2D eigenvalue weighted by atomic mass is 9.70. The van der Waals surface area contributed by atoms with Crippen LogP contribution < -0.4 is 9.80 Å². The average molecular weight is 562 g/mol. The Bertz CT molecular complexity index is 1340. The van der Waals surface area contributed by atoms with E-state index in [1.165, 1.54) is 0 Å². The van der Waals surface area contributed by atoms with Crippen LogP contribution in [0.5, 0.6) is 0 Å². The summed E-state index contributed by atoms with van der Waals surface area (Å²) >= 11 is 0. The van der Waals surface area contributed by atoms with Crippen LogP contribution in [0.1, 0.15) is 44.7 Å². The number of ether oxygens (including phenoxy) is 1. The van der Waals surface area contributed by atoms with Crippen LogP contribution in [0.4, 0.5) is 11.4 Å². The smallest absolute Gasteiger partial charge is 0.264 e. The molecule has 41 heavy (non-hydrogen) atoms. The van der Waals surface area contributed by atoms with Crippen molar-refractivity contribution in [2.75, 3.05) is 36.0 Å². The molecule has 2 aromatic carbocycles. The normalized spacial score (nSPS) is 25.4. The average Bonchev–Trinajstić information content (AvgIpc) is 3.34. The Labute approximate surface area is 241 Å². The Hall–Kier alpha value is -3.53. The zero-order valence-electron chi connectivity index (χ0n) is 24.0. The van der Waals surface area contributed by atoms with Crippen molar-refractivity contribution in [1.82, 2.24) is 4.90 Å². The number of aliphatic hydroxyl groups is 2. The highest BCUT2D eigenvalue weighted by Crippen LogP contribution is 2.58. The molecule has 2 fully saturated rings. The number of benzene rings is 2. The van der Waals surface area contributed by atoms with Crippen molar-refractivity contribution in [2.45, 2.75) is 57.5 Å². The van der Waals surface area contributed by atoms with Gasteiger partial charge in [-0.1, -0.05) is 43.3 Å². The molecule has 0 unspecified atom stereocenters. The van der Waals surface area contributed by atoms with Crippen LogP contribution >= 0.6 is 0 Å². The van der Waals surface area contributed by atoms with Crippen LogP contribution in [0, 0.1) is 11.8 Å². The van der Waals surface area contributed by atoms with Crippen molar-refractivity contribution in [3.63, 3.8) is 0 Å². The van der Waals surface area contributed by atoms with Crippen LogP contribution in [0.15, 0.2) is 61.2 Å². The molecule has 9 nitrogen and oxygen atoms in total. The molecule has 3 heterocycles. The monoisotopic (exact) mass is 561 g/mol. The molecule has 2 aromatic rings. The minimum atomic E-state index is -1.45. The summed E-state index contributed by atoms with van der Waals surface area (Å²) < 4.78 is 6.74. The highest BCUT2D eigenvalue weighted by Gasteiger charge is 2.66. The van der Waals surface area contributed by atoms with Crippen LogP contribution in [-0.2, 0) is 31.3 Å². The van der Waals surface area contributed by atoms with Gasteiger partial charge in [0.1, 0.15) is 0 Å². The molecule has 5 rings (SSSR count). The highest BCUT2D eigenvalue weighted by molar-refractivity contribution is 6.09. The molecule has 0 aliphatic carbocycles. The zero-order chi connectivity index (χ0) is 29.5. The molecule has 3 amide bonds. The van der Waals surface area contributed by atoms with Crippen LogP contribution in [0.25, 0.3) is 0 Å². The second-order valence-corrected chi connectivity index (χ2v) is 11.8. The second-order valence-electron chi connectivity index (χ2n) is 11.8. The van der Waals surface area contributed by atoms with E-state index in [9.17, 15) is 24.6 Å². The summed E-state index contributed by atoms with van der Waals surface area (Å²) in [5, 5.41) is 21.1. The van der Waals surface area contributed by atoms with Gasteiger partial charge in [0.15, 0.2) is 5.60 Å². The summed E-state index contributed by atoms with van der Waals surface area (Å²) in [4.78, 5) is 45.1. The Morgan fingerprint density at radius 3 is 2.54 bits per heavy atom. The first kappa shape index (κ1) is 29.0. The number of aliphatic hydroxyl groups excluding tert-OH is 1. The number of anilines is 2. The Morgan fingerprint density at radius 1 is 1.22 bits per heavy atom. The van der Waals surface area contributed by atoms with E-state index in [0.717, 1.165) is 5.56 Å². The molecule has 2 N–H and O–H groups in total. The van der Waals surface area contributed by atoms with Gasteiger partial charge in [0, 0.05) is 55.7 Å². The van der Waals surface area contributed by atoms with Gasteiger partial charge in [-0.3, -0.25) is 14.4 Å². The molecule has 218 valence electrons. The standard InChI is InChI=1S/C32H39N3O6/c1-5-14-35-25-12-11-23(34-15-13-27(34)37)18-24(25)32(30(35)39)21(2)29(31(3,4)40)26(41-32)19-28(38)33(16-17-36)20-22-9-7-6-8-10-22/h5-12,18,21,26,29,36,40H,1,13-17,19-20H2,2-4H3/t21-,26+,29-,32+/m0/s1. The summed E-state index contributed by atoms with van der Waals surface area (Å²) in [6, 6.07) is 15.1. The minimum Gasteiger partial charge on any atom is -0.395 e. The van der Waals surface area contributed by atoms with Gasteiger partial charge in [0.05, 0.1) is 30.4 Å². The Kier molecular flexibility index (Phi) is 7.80. The molecule has 2 saturated heterocycles. The third-order valence-electron chi connectivity index (χ3n) is 8.76. The molecule has 0 aromatic heterocycles. The van der Waals surface area contributed by atoms with Crippen molar-refractivity contribution >= 4 is 29.1 Å². The van der Waals surface area contributed by atoms with E-state index < -0.39 is 29.1 Å². The van der Waals surface area contributed by atoms with Crippen molar-refractivity contribution in [3.8, 4) is 0 Å². The van der Waals surface area contributed by atoms with E-state index in [4.69, 9.17) is 4.74 Å². The summed E-state index contributed by atoms with van der Waals surface area (Å²) in [6.07, 6.45) is 1.29. The maximum absolute atomic E-state index is 14.3. The zero-order valence-corrected chi connectivity index (χ0v) is 24.0. The Morgan fingerprint density at radius 2 is 1.95 bits per heavy atom. The van der Waals surface area contributed by atoms with Crippen molar-refractivity contribution < 1.29 is 29.3 Å². The predicted molar refractivity (Wildman–Crippen MR) is 155 cm³/mol. The third-order valence-corrected chi connectivity index (χ3v) is 8.76. The first-order chi connectivity index (χ1) is 19.5. The van der Waals surface area contributed by atoms with Crippen molar-refractivity contribution in [1.29, 1.82) is 0 Å². The number of fused-ring (bicyclic) bond motifs is 2. The summed E-state index contributed by atoms with van der Waals surface area (Å²) in [7, 11) is 0. The summed E-state index contributed by atoms with van der Waals surface area (Å²) in [5.41, 5.74) is 0.213. The molecular formula is C32H39N3O6. The van der Waals surface area contributed by atoms with E-state index in [1.54, 1.807) is 34.6 Å². The number of amides is 3. The number of nitrogens with zero attached hydrogens (tertiary/aromatic N) is 3. The van der Waals surface area contributed by atoms with Crippen molar-refractivity contribution in [3.05, 3.63) is 72.3 Å². The molecule has 0 bridgehead atoms. The number of carbonyl (C=O) groups excluding carboxylic acids is 3. The fourth-order valence-electron chi connectivity index (χ4n) is 6.85. The lowest BCUT2D eigenvalue weighted by Gasteiger charge is -2.35. The fourth-order valence-corrected chi connectivity index (χ4v) is 6.85. The summed E-state index contributed by atoms with van der Waals surface area (Å²) in [6.45, 7) is 10.2. The van der Waals surface area contributed by atoms with Gasteiger partial charge in [-0.15, -0.1) is 6.58 Å². The highest BCUT2D eigenvalue weighted by atomic mass is 16.5. The molecular weight excluding hydrogens is 522 g/mol. The summed E-state index contributed by atoms with van der Waals surface area (Å²) in [5.74, 6) is -1.54. The van der Waals surface area contributed by atoms with Crippen LogP contribution in [0.2, 0.25) is 0 Å². The lowest BCUT2D eigenvalue weighted by Crippen LogP contribution is -2.46.